The highest BCUT2D eigenvalue weighted by Crippen LogP contribution is 2.43. The molecule has 3 aromatic rings. The Morgan fingerprint density at radius 3 is 2.22 bits per heavy atom. The molecule has 168 valence electrons. The van der Waals surface area contributed by atoms with Gasteiger partial charge in [-0.2, -0.15) is 0 Å². The second-order valence-electron chi connectivity index (χ2n) is 9.12. The first-order valence-corrected chi connectivity index (χ1v) is 11.5. The average Bonchev–Trinajstić information content (AvgIpc) is 3.68. The van der Waals surface area contributed by atoms with E-state index in [1.807, 2.05) is 12.1 Å². The van der Waals surface area contributed by atoms with Gasteiger partial charge in [-0.15, -0.1) is 0 Å². The van der Waals surface area contributed by atoms with Crippen molar-refractivity contribution in [2.45, 2.75) is 37.5 Å². The van der Waals surface area contributed by atoms with Gasteiger partial charge in [0.25, 0.3) is 0 Å². The lowest BCUT2D eigenvalue weighted by molar-refractivity contribution is 0.355. The summed E-state index contributed by atoms with van der Waals surface area (Å²) >= 11 is 0. The van der Waals surface area contributed by atoms with Gasteiger partial charge in [-0.05, 0) is 49.3 Å². The first-order valence-electron chi connectivity index (χ1n) is 11.5. The molecule has 1 aromatic heterocycles. The average molecular weight is 433 g/mol. The van der Waals surface area contributed by atoms with E-state index < -0.39 is 0 Å². The van der Waals surface area contributed by atoms with Gasteiger partial charge < -0.3 is 19.3 Å². The van der Waals surface area contributed by atoms with Gasteiger partial charge in [-0.3, -0.25) is 0 Å². The molecule has 0 N–H and O–H groups in total. The van der Waals surface area contributed by atoms with Crippen LogP contribution in [0, 0.1) is 0 Å². The third-order valence-electron chi connectivity index (χ3n) is 6.79. The molecule has 2 fully saturated rings. The van der Waals surface area contributed by atoms with Crippen molar-refractivity contribution in [2.24, 2.45) is 0 Å². The smallest absolute Gasteiger partial charge is 0.162 e. The van der Waals surface area contributed by atoms with Gasteiger partial charge in [0, 0.05) is 50.2 Å². The quantitative estimate of drug-likeness (QED) is 0.548. The molecule has 32 heavy (non-hydrogen) atoms. The fourth-order valence-electron chi connectivity index (χ4n) is 4.86. The summed E-state index contributed by atoms with van der Waals surface area (Å²) in [6.07, 6.45) is 4.59. The Morgan fingerprint density at radius 2 is 1.56 bits per heavy atom. The predicted molar refractivity (Wildman–Crippen MR) is 130 cm³/mol. The summed E-state index contributed by atoms with van der Waals surface area (Å²) < 4.78 is 11.1. The van der Waals surface area contributed by atoms with E-state index in [1.54, 1.807) is 14.2 Å². The van der Waals surface area contributed by atoms with E-state index >= 15 is 0 Å². The van der Waals surface area contributed by atoms with Crippen LogP contribution in [0.1, 0.15) is 48.9 Å². The Balaban J connectivity index is 1.47. The minimum Gasteiger partial charge on any atom is -0.493 e. The lowest BCUT2D eigenvalue weighted by atomic mass is 9.88. The zero-order valence-corrected chi connectivity index (χ0v) is 19.5. The number of piperidine rings is 1. The van der Waals surface area contributed by atoms with Crippen molar-refractivity contribution in [1.29, 1.82) is 0 Å². The standard InChI is InChI=1S/C26H32N4O2/c1-29(2)22-8-6-5-7-19(22)17-11-13-30(14-12-17)26-20-15-23(31-3)24(32-4)16-21(20)27-25(28-26)18-9-10-18/h5-8,15-18H,9-14H2,1-4H3. The highest BCUT2D eigenvalue weighted by atomic mass is 16.5. The Bertz CT molecular complexity index is 1120. The van der Waals surface area contributed by atoms with Crippen molar-refractivity contribution in [3.05, 3.63) is 47.8 Å². The van der Waals surface area contributed by atoms with Crippen molar-refractivity contribution in [3.63, 3.8) is 0 Å². The van der Waals surface area contributed by atoms with E-state index in [0.717, 1.165) is 54.2 Å². The van der Waals surface area contributed by atoms with Crippen molar-refractivity contribution >= 4 is 22.4 Å². The molecule has 0 spiro atoms. The van der Waals surface area contributed by atoms with E-state index in [1.165, 1.54) is 24.1 Å². The minimum absolute atomic E-state index is 0.496. The molecule has 0 unspecified atom stereocenters. The molecular formula is C26H32N4O2. The van der Waals surface area contributed by atoms with E-state index in [0.29, 0.717) is 17.6 Å². The van der Waals surface area contributed by atoms with Crippen molar-refractivity contribution in [3.8, 4) is 11.5 Å². The van der Waals surface area contributed by atoms with Crippen LogP contribution in [0.5, 0.6) is 11.5 Å². The number of fused-ring (bicyclic) bond motifs is 1. The van der Waals surface area contributed by atoms with E-state index in [4.69, 9.17) is 19.4 Å². The molecule has 0 bridgehead atoms. The molecule has 0 radical (unpaired) electrons. The molecule has 0 amide bonds. The Hall–Kier alpha value is -3.02. The molecule has 5 rings (SSSR count). The molecule has 2 heterocycles. The largest absolute Gasteiger partial charge is 0.493 e. The van der Waals surface area contributed by atoms with Gasteiger partial charge >= 0.3 is 0 Å². The van der Waals surface area contributed by atoms with Crippen molar-refractivity contribution in [2.75, 3.05) is 51.2 Å². The maximum absolute atomic E-state index is 5.58. The van der Waals surface area contributed by atoms with Gasteiger partial charge in [0.05, 0.1) is 19.7 Å². The van der Waals surface area contributed by atoms with Gasteiger partial charge in [-0.25, -0.2) is 9.97 Å². The molecule has 1 saturated carbocycles. The number of hydrogen-bond acceptors (Lipinski definition) is 6. The first kappa shape index (κ1) is 20.9. The summed E-state index contributed by atoms with van der Waals surface area (Å²) in [5.74, 6) is 4.51. The van der Waals surface area contributed by atoms with Crippen LogP contribution in [0.4, 0.5) is 11.5 Å². The summed E-state index contributed by atoms with van der Waals surface area (Å²) in [6.45, 7) is 1.97. The van der Waals surface area contributed by atoms with Crippen LogP contribution in [0.2, 0.25) is 0 Å². The normalized spacial score (nSPS) is 16.9. The molecule has 2 aromatic carbocycles. The number of benzene rings is 2. The second-order valence-corrected chi connectivity index (χ2v) is 9.12. The fourth-order valence-corrected chi connectivity index (χ4v) is 4.86. The topological polar surface area (TPSA) is 50.7 Å². The molecule has 1 aliphatic carbocycles. The van der Waals surface area contributed by atoms with Gasteiger partial charge in [0.1, 0.15) is 11.6 Å². The summed E-state index contributed by atoms with van der Waals surface area (Å²) in [5.41, 5.74) is 3.72. The lowest BCUT2D eigenvalue weighted by Crippen LogP contribution is -2.34. The number of ether oxygens (including phenoxy) is 2. The van der Waals surface area contributed by atoms with Crippen LogP contribution in [0.3, 0.4) is 0 Å². The first-order chi connectivity index (χ1) is 15.6. The minimum atomic E-state index is 0.496. The molecule has 6 nitrogen and oxygen atoms in total. The maximum atomic E-state index is 5.58. The SMILES string of the molecule is COc1cc2nc(C3CC3)nc(N3CCC(c4ccccc4N(C)C)CC3)c2cc1OC. The number of aromatic nitrogens is 2. The number of hydrogen-bond donors (Lipinski definition) is 0. The molecule has 1 saturated heterocycles. The Morgan fingerprint density at radius 1 is 0.875 bits per heavy atom. The molecule has 2 aliphatic rings. The summed E-state index contributed by atoms with van der Waals surface area (Å²) in [7, 11) is 7.60. The summed E-state index contributed by atoms with van der Waals surface area (Å²) in [4.78, 5) is 14.6. The monoisotopic (exact) mass is 432 g/mol. The van der Waals surface area contributed by atoms with Gasteiger partial charge in [0.2, 0.25) is 0 Å². The van der Waals surface area contributed by atoms with Crippen molar-refractivity contribution in [1.82, 2.24) is 9.97 Å². The zero-order valence-electron chi connectivity index (χ0n) is 19.5. The highest BCUT2D eigenvalue weighted by Gasteiger charge is 2.30. The van der Waals surface area contributed by atoms with Gasteiger partial charge in [0.15, 0.2) is 11.5 Å². The lowest BCUT2D eigenvalue weighted by Gasteiger charge is -2.35. The summed E-state index contributed by atoms with van der Waals surface area (Å²) in [5, 5.41) is 1.04. The number of methoxy groups -OCH3 is 2. The number of anilines is 2. The molecule has 1 aliphatic heterocycles. The number of para-hydroxylation sites is 1. The van der Waals surface area contributed by atoms with Crippen molar-refractivity contribution < 1.29 is 9.47 Å². The third kappa shape index (κ3) is 3.83. The molecule has 0 atom stereocenters. The van der Waals surface area contributed by atoms with E-state index in [-0.39, 0.29) is 0 Å². The maximum Gasteiger partial charge on any atom is 0.162 e. The Labute approximate surface area is 190 Å². The van der Waals surface area contributed by atoms with E-state index in [2.05, 4.69) is 48.2 Å². The third-order valence-corrected chi connectivity index (χ3v) is 6.79. The second kappa shape index (κ2) is 8.49. The zero-order chi connectivity index (χ0) is 22.2. The predicted octanol–water partition coefficient (Wildman–Crippen LogP) is 4.97. The number of nitrogens with zero attached hydrogens (tertiary/aromatic N) is 4. The fraction of sp³-hybridized carbons (Fsp3) is 0.462. The van der Waals surface area contributed by atoms with Gasteiger partial charge in [-0.1, -0.05) is 18.2 Å². The Kier molecular flexibility index (Phi) is 5.53. The summed E-state index contributed by atoms with van der Waals surface area (Å²) in [6, 6.07) is 12.8. The van der Waals surface area contributed by atoms with Crippen LogP contribution < -0.4 is 19.3 Å². The van der Waals surface area contributed by atoms with Crippen LogP contribution in [0.25, 0.3) is 10.9 Å². The van der Waals surface area contributed by atoms with Crippen LogP contribution in [0.15, 0.2) is 36.4 Å². The molecular weight excluding hydrogens is 400 g/mol. The van der Waals surface area contributed by atoms with Crippen LogP contribution in [-0.4, -0.2) is 51.4 Å². The van der Waals surface area contributed by atoms with E-state index in [9.17, 15) is 0 Å². The molecule has 6 heteroatoms. The highest BCUT2D eigenvalue weighted by molar-refractivity contribution is 5.92. The van der Waals surface area contributed by atoms with Crippen LogP contribution >= 0.6 is 0 Å². The number of rotatable bonds is 6. The van der Waals surface area contributed by atoms with Crippen LogP contribution in [-0.2, 0) is 0 Å².